The number of benzene rings is 1. The van der Waals surface area contributed by atoms with Crippen LogP contribution in [-0.2, 0) is 23.5 Å². The summed E-state index contributed by atoms with van der Waals surface area (Å²) in [7, 11) is 0. The van der Waals surface area contributed by atoms with Crippen molar-refractivity contribution in [1.29, 1.82) is 0 Å². The van der Waals surface area contributed by atoms with E-state index in [9.17, 15) is 4.79 Å². The van der Waals surface area contributed by atoms with E-state index in [2.05, 4.69) is 11.5 Å². The number of anilines is 1. The highest BCUT2D eigenvalue weighted by atomic mass is 32.1. The Morgan fingerprint density at radius 2 is 2.09 bits per heavy atom. The average molecular weight is 455 g/mol. The van der Waals surface area contributed by atoms with Gasteiger partial charge in [-0.1, -0.05) is 13.5 Å². The van der Waals surface area contributed by atoms with Crippen LogP contribution in [0.5, 0.6) is 5.75 Å². The van der Waals surface area contributed by atoms with Crippen LogP contribution >= 0.6 is 11.3 Å². The minimum absolute atomic E-state index is 0.00987. The van der Waals surface area contributed by atoms with Crippen molar-refractivity contribution >= 4 is 33.2 Å². The maximum absolute atomic E-state index is 15.2. The van der Waals surface area contributed by atoms with Crippen molar-refractivity contribution in [3.8, 4) is 5.75 Å². The maximum atomic E-state index is 15.2. The first-order valence-electron chi connectivity index (χ1n) is 10.9. The van der Waals surface area contributed by atoms with Gasteiger partial charge in [0.05, 0.1) is 12.1 Å². The lowest BCUT2D eigenvalue weighted by molar-refractivity contribution is -0.136. The molecule has 0 unspecified atom stereocenters. The topological polar surface area (TPSA) is 62.7 Å². The molecule has 5 nitrogen and oxygen atoms in total. The van der Waals surface area contributed by atoms with Crippen LogP contribution in [0.2, 0.25) is 0 Å². The lowest BCUT2D eigenvalue weighted by Gasteiger charge is -2.25. The van der Waals surface area contributed by atoms with E-state index in [-0.39, 0.29) is 12.8 Å². The number of carboxylic acids is 1. The minimum atomic E-state index is -1.65. The third kappa shape index (κ3) is 4.48. The zero-order valence-corrected chi connectivity index (χ0v) is 19.0. The second-order valence-corrected chi connectivity index (χ2v) is 8.98. The summed E-state index contributed by atoms with van der Waals surface area (Å²) in [6.07, 6.45) is 3.80. The van der Waals surface area contributed by atoms with Crippen molar-refractivity contribution in [1.82, 2.24) is 4.98 Å². The third-order valence-electron chi connectivity index (χ3n) is 5.99. The highest BCUT2D eigenvalue weighted by Crippen LogP contribution is 2.34. The number of nitrogens with zero attached hydrogens (tertiary/aromatic N) is 2. The molecule has 1 aromatic carbocycles. The second-order valence-electron chi connectivity index (χ2n) is 8.07. The molecule has 0 bridgehead atoms. The van der Waals surface area contributed by atoms with E-state index < -0.39 is 11.6 Å². The molecule has 168 valence electrons. The predicted molar refractivity (Wildman–Crippen MR) is 126 cm³/mol. The molecule has 3 aromatic rings. The molecule has 1 fully saturated rings. The number of carboxylic acid groups (broad SMARTS) is 1. The summed E-state index contributed by atoms with van der Waals surface area (Å²) in [4.78, 5) is 17.9. The van der Waals surface area contributed by atoms with E-state index in [0.717, 1.165) is 53.0 Å². The number of thiophene rings is 1. The van der Waals surface area contributed by atoms with E-state index in [1.165, 1.54) is 17.4 Å². The number of ether oxygens (including phenoxy) is 1. The molecular weight excluding hydrogens is 427 g/mol. The zero-order chi connectivity index (χ0) is 22.7. The van der Waals surface area contributed by atoms with E-state index >= 15 is 4.39 Å². The number of hydrogen-bond donors (Lipinski definition) is 1. The molecule has 7 heteroatoms. The van der Waals surface area contributed by atoms with Crippen molar-refractivity contribution in [2.45, 2.75) is 44.9 Å². The predicted octanol–water partition coefficient (Wildman–Crippen LogP) is 5.86. The molecule has 0 saturated carbocycles. The zero-order valence-electron chi connectivity index (χ0n) is 18.1. The van der Waals surface area contributed by atoms with Gasteiger partial charge in [-0.3, -0.25) is 4.79 Å². The Hall–Kier alpha value is -2.93. The van der Waals surface area contributed by atoms with E-state index in [1.54, 1.807) is 13.0 Å². The Bertz CT molecular complexity index is 1140. The fourth-order valence-electron chi connectivity index (χ4n) is 4.07. The van der Waals surface area contributed by atoms with Crippen LogP contribution in [0, 0.1) is 0 Å². The van der Waals surface area contributed by atoms with Crippen LogP contribution in [-0.4, -0.2) is 29.1 Å². The third-order valence-corrected chi connectivity index (χ3v) is 6.98. The average Bonchev–Trinajstić information content (AvgIpc) is 3.47. The van der Waals surface area contributed by atoms with Crippen molar-refractivity contribution in [3.05, 3.63) is 65.2 Å². The fraction of sp³-hybridized carbons (Fsp3) is 0.360. The number of halogens is 1. The van der Waals surface area contributed by atoms with E-state index in [4.69, 9.17) is 14.8 Å². The first kappa shape index (κ1) is 22.3. The summed E-state index contributed by atoms with van der Waals surface area (Å²) in [5, 5.41) is 11.9. The molecule has 1 N–H and O–H groups in total. The number of pyridine rings is 1. The normalized spacial score (nSPS) is 15.6. The molecular formula is C25H27FN2O3S. The first-order chi connectivity index (χ1) is 15.4. The number of rotatable bonds is 9. The fourth-order valence-corrected chi connectivity index (χ4v) is 5.06. The maximum Gasteiger partial charge on any atom is 0.307 e. The van der Waals surface area contributed by atoms with Crippen molar-refractivity contribution in [2.75, 3.05) is 18.0 Å². The van der Waals surface area contributed by atoms with Gasteiger partial charge in [-0.25, -0.2) is 9.37 Å². The van der Waals surface area contributed by atoms with Crippen LogP contribution in [0.1, 0.15) is 43.0 Å². The molecule has 0 aliphatic carbocycles. The van der Waals surface area contributed by atoms with Crippen molar-refractivity contribution < 1.29 is 19.0 Å². The van der Waals surface area contributed by atoms with Gasteiger partial charge < -0.3 is 14.7 Å². The van der Waals surface area contributed by atoms with E-state index in [0.29, 0.717) is 18.1 Å². The molecule has 1 atom stereocenters. The minimum Gasteiger partial charge on any atom is -0.489 e. The number of aliphatic carboxylic acids is 1. The molecule has 1 saturated heterocycles. The van der Waals surface area contributed by atoms with Gasteiger partial charge in [0.15, 0.2) is 5.67 Å². The number of fused-ring (bicyclic) bond motifs is 1. The van der Waals surface area contributed by atoms with Crippen LogP contribution in [0.3, 0.4) is 0 Å². The van der Waals surface area contributed by atoms with Gasteiger partial charge in [-0.05, 0) is 72.0 Å². The summed E-state index contributed by atoms with van der Waals surface area (Å²) in [6.45, 7) is 7.57. The Morgan fingerprint density at radius 1 is 1.31 bits per heavy atom. The molecule has 0 amide bonds. The van der Waals surface area contributed by atoms with E-state index in [1.807, 2.05) is 29.6 Å². The van der Waals surface area contributed by atoms with Gasteiger partial charge >= 0.3 is 5.97 Å². The molecule has 4 rings (SSSR count). The summed E-state index contributed by atoms with van der Waals surface area (Å²) >= 11 is 1.51. The molecule has 32 heavy (non-hydrogen) atoms. The van der Waals surface area contributed by atoms with Gasteiger partial charge in [0.1, 0.15) is 18.2 Å². The number of hydrogen-bond acceptors (Lipinski definition) is 5. The number of allylic oxidation sites excluding steroid dienone is 1. The summed E-state index contributed by atoms with van der Waals surface area (Å²) < 4.78 is 22.3. The summed E-state index contributed by atoms with van der Waals surface area (Å²) in [5.74, 6) is 0.641. The number of alkyl halides is 1. The molecule has 2 aromatic heterocycles. The van der Waals surface area contributed by atoms with Crippen LogP contribution in [0.25, 0.3) is 10.1 Å². The summed E-state index contributed by atoms with van der Waals surface area (Å²) in [5.41, 5.74) is 0.460. The largest absolute Gasteiger partial charge is 0.489 e. The Labute approximate surface area is 191 Å². The summed E-state index contributed by atoms with van der Waals surface area (Å²) in [6, 6.07) is 9.33. The van der Waals surface area contributed by atoms with Crippen molar-refractivity contribution in [2.24, 2.45) is 0 Å². The highest BCUT2D eigenvalue weighted by Gasteiger charge is 2.29. The Morgan fingerprint density at radius 3 is 2.78 bits per heavy atom. The van der Waals surface area contributed by atoms with Crippen LogP contribution < -0.4 is 9.64 Å². The highest BCUT2D eigenvalue weighted by molar-refractivity contribution is 7.17. The molecule has 1 aliphatic heterocycles. The second kappa shape index (κ2) is 9.28. The van der Waals surface area contributed by atoms with Crippen molar-refractivity contribution in [3.63, 3.8) is 0 Å². The van der Waals surface area contributed by atoms with Gasteiger partial charge in [-0.2, -0.15) is 0 Å². The Kier molecular flexibility index (Phi) is 6.46. The first-order valence-corrected chi connectivity index (χ1v) is 11.7. The SMILES string of the molecule is C=C[C@](F)(CC)c1ccc(COc2ccc3c(CC(=O)O)csc3c2)c(N2CCCC2)n1. The van der Waals surface area contributed by atoms with Gasteiger partial charge in [0.25, 0.3) is 0 Å². The monoisotopic (exact) mass is 454 g/mol. The van der Waals surface area contributed by atoms with Gasteiger partial charge in [-0.15, -0.1) is 11.3 Å². The lowest BCUT2D eigenvalue weighted by Crippen LogP contribution is -2.24. The molecule has 0 spiro atoms. The van der Waals surface area contributed by atoms with Crippen LogP contribution in [0.4, 0.5) is 10.2 Å². The number of carbonyl (C=O) groups is 1. The Balaban J connectivity index is 1.58. The molecule has 0 radical (unpaired) electrons. The van der Waals surface area contributed by atoms with Gasteiger partial charge in [0, 0.05) is 23.4 Å². The van der Waals surface area contributed by atoms with Gasteiger partial charge in [0.2, 0.25) is 0 Å². The number of aromatic nitrogens is 1. The standard InChI is InChI=1S/C25H27FN2O3S/c1-3-25(26,4-2)22-10-7-17(24(27-22)28-11-5-6-12-28)15-31-19-8-9-20-18(13-23(29)30)16-32-21(20)14-19/h3,7-10,14,16H,1,4-6,11-13,15H2,2H3,(H,29,30)/t25-/m0/s1. The quantitative estimate of drug-likeness (QED) is 0.410. The smallest absolute Gasteiger partial charge is 0.307 e. The molecule has 3 heterocycles. The molecule has 1 aliphatic rings. The lowest BCUT2D eigenvalue weighted by atomic mass is 9.97. The van der Waals surface area contributed by atoms with Crippen LogP contribution in [0.15, 0.2) is 48.4 Å².